The number of benzene rings is 2. The number of amides is 1. The largest absolute Gasteiger partial charge is 0.493 e. The highest BCUT2D eigenvalue weighted by Crippen LogP contribution is 2.39. The quantitative estimate of drug-likeness (QED) is 0.505. The first-order valence-electron chi connectivity index (χ1n) is 9.85. The van der Waals surface area contributed by atoms with E-state index in [0.717, 1.165) is 5.56 Å². The molecule has 0 saturated carbocycles. The van der Waals surface area contributed by atoms with E-state index in [1.165, 1.54) is 21.3 Å². The summed E-state index contributed by atoms with van der Waals surface area (Å²) in [4.78, 5) is 24.4. The van der Waals surface area contributed by atoms with Gasteiger partial charge in [0.05, 0.1) is 27.9 Å². The summed E-state index contributed by atoms with van der Waals surface area (Å²) in [5.74, 6) is 1.12. The normalized spacial score (nSPS) is 10.4. The third-order valence-electron chi connectivity index (χ3n) is 4.75. The van der Waals surface area contributed by atoms with Crippen LogP contribution in [-0.4, -0.2) is 33.2 Å². The van der Waals surface area contributed by atoms with Crippen LogP contribution in [0.15, 0.2) is 52.9 Å². The van der Waals surface area contributed by atoms with Crippen molar-refractivity contribution >= 4 is 11.9 Å². The Kier molecular flexibility index (Phi) is 7.38. The number of hydrogen-bond donors (Lipinski definition) is 1. The lowest BCUT2D eigenvalue weighted by Gasteiger charge is -2.16. The first-order chi connectivity index (χ1) is 15.5. The second-order valence-corrected chi connectivity index (χ2v) is 6.84. The Balaban J connectivity index is 1.74. The van der Waals surface area contributed by atoms with Crippen molar-refractivity contribution in [2.45, 2.75) is 20.1 Å². The van der Waals surface area contributed by atoms with Crippen LogP contribution in [0.3, 0.4) is 0 Å². The Morgan fingerprint density at radius 1 is 0.969 bits per heavy atom. The number of rotatable bonds is 9. The lowest BCUT2D eigenvalue weighted by Crippen LogP contribution is -2.22. The van der Waals surface area contributed by atoms with Gasteiger partial charge in [-0.3, -0.25) is 4.79 Å². The van der Waals surface area contributed by atoms with E-state index in [1.807, 2.05) is 30.3 Å². The fourth-order valence-electron chi connectivity index (χ4n) is 3.10. The molecule has 3 rings (SSSR count). The molecule has 0 atom stereocenters. The number of ether oxygens (including phenoxy) is 4. The Morgan fingerprint density at radius 3 is 2.22 bits per heavy atom. The molecule has 2 aromatic carbocycles. The maximum absolute atomic E-state index is 12.7. The molecule has 3 aromatic rings. The highest BCUT2D eigenvalue weighted by molar-refractivity contribution is 5.95. The zero-order chi connectivity index (χ0) is 23.1. The van der Waals surface area contributed by atoms with Crippen molar-refractivity contribution < 1.29 is 33.0 Å². The van der Waals surface area contributed by atoms with Gasteiger partial charge < -0.3 is 28.7 Å². The minimum absolute atomic E-state index is 0.0908. The van der Waals surface area contributed by atoms with Crippen LogP contribution in [0.2, 0.25) is 0 Å². The number of aryl methyl sites for hydroxylation is 1. The van der Waals surface area contributed by atoms with E-state index in [9.17, 15) is 9.59 Å². The van der Waals surface area contributed by atoms with Gasteiger partial charge in [0.25, 0.3) is 5.91 Å². The van der Waals surface area contributed by atoms with Gasteiger partial charge in [0, 0.05) is 5.56 Å². The van der Waals surface area contributed by atoms with Crippen molar-refractivity contribution in [2.75, 3.05) is 21.3 Å². The smallest absolute Gasteiger partial charge is 0.341 e. The van der Waals surface area contributed by atoms with Crippen molar-refractivity contribution in [2.24, 2.45) is 0 Å². The van der Waals surface area contributed by atoms with Gasteiger partial charge in [0.1, 0.15) is 23.7 Å². The molecule has 1 aromatic heterocycles. The van der Waals surface area contributed by atoms with Crippen LogP contribution in [0.25, 0.3) is 0 Å². The highest BCUT2D eigenvalue weighted by Gasteiger charge is 2.19. The summed E-state index contributed by atoms with van der Waals surface area (Å²) in [5, 5.41) is 2.76. The third-order valence-corrected chi connectivity index (χ3v) is 4.75. The molecule has 1 amide bonds. The minimum atomic E-state index is -0.496. The standard InChI is InChI=1S/C24H25NO7/c1-15-19(24(27)30-4)12-18(32-15)13-25-23(26)17-10-20(28-2)22(21(11-17)29-3)31-14-16-8-6-5-7-9-16/h5-12H,13-14H2,1-4H3,(H,25,26). The second-order valence-electron chi connectivity index (χ2n) is 6.84. The third kappa shape index (κ3) is 5.21. The average Bonchev–Trinajstić information content (AvgIpc) is 3.21. The lowest BCUT2D eigenvalue weighted by atomic mass is 10.1. The Bertz CT molecular complexity index is 1060. The summed E-state index contributed by atoms with van der Waals surface area (Å²) in [5.41, 5.74) is 1.63. The van der Waals surface area contributed by atoms with E-state index in [2.05, 4.69) is 5.32 Å². The molecule has 8 heteroatoms. The molecule has 0 unspecified atom stereocenters. The molecule has 1 heterocycles. The molecule has 0 aliphatic heterocycles. The van der Waals surface area contributed by atoms with Crippen LogP contribution >= 0.6 is 0 Å². The fourth-order valence-corrected chi connectivity index (χ4v) is 3.10. The van der Waals surface area contributed by atoms with Crippen molar-refractivity contribution in [1.29, 1.82) is 0 Å². The van der Waals surface area contributed by atoms with Crippen LogP contribution < -0.4 is 19.5 Å². The predicted octanol–water partition coefficient (Wildman–Crippen LogP) is 3.90. The van der Waals surface area contributed by atoms with Crippen LogP contribution in [0.5, 0.6) is 17.2 Å². The average molecular weight is 439 g/mol. The minimum Gasteiger partial charge on any atom is -0.493 e. The summed E-state index contributed by atoms with van der Waals surface area (Å²) in [6, 6.07) is 14.4. The number of furan rings is 1. The van der Waals surface area contributed by atoms with Crippen molar-refractivity contribution in [3.05, 3.63) is 76.7 Å². The highest BCUT2D eigenvalue weighted by atomic mass is 16.5. The molecule has 0 radical (unpaired) electrons. The number of carbonyl (C=O) groups excluding carboxylic acids is 2. The van der Waals surface area contributed by atoms with Gasteiger partial charge in [-0.1, -0.05) is 30.3 Å². The van der Waals surface area contributed by atoms with Gasteiger partial charge in [0.2, 0.25) is 5.75 Å². The maximum Gasteiger partial charge on any atom is 0.341 e. The molecule has 0 spiro atoms. The van der Waals surface area contributed by atoms with Crippen molar-refractivity contribution in [3.63, 3.8) is 0 Å². The van der Waals surface area contributed by atoms with Crippen LogP contribution in [-0.2, 0) is 17.9 Å². The van der Waals surface area contributed by atoms with E-state index >= 15 is 0 Å². The lowest BCUT2D eigenvalue weighted by molar-refractivity contribution is 0.0598. The molecule has 0 saturated heterocycles. The molecule has 0 aliphatic carbocycles. The monoisotopic (exact) mass is 439 g/mol. The predicted molar refractivity (Wildman–Crippen MR) is 116 cm³/mol. The number of hydrogen-bond acceptors (Lipinski definition) is 7. The topological polar surface area (TPSA) is 96.2 Å². The molecule has 1 N–H and O–H groups in total. The second kappa shape index (κ2) is 10.4. The van der Waals surface area contributed by atoms with Crippen LogP contribution in [0.1, 0.15) is 37.8 Å². The summed E-state index contributed by atoms with van der Waals surface area (Å²) in [6.07, 6.45) is 0. The van der Waals surface area contributed by atoms with E-state index in [0.29, 0.717) is 46.5 Å². The van der Waals surface area contributed by atoms with Crippen LogP contribution in [0, 0.1) is 6.92 Å². The van der Waals surface area contributed by atoms with E-state index in [-0.39, 0.29) is 12.5 Å². The van der Waals surface area contributed by atoms with E-state index in [4.69, 9.17) is 23.4 Å². The molecule has 0 fully saturated rings. The van der Waals surface area contributed by atoms with E-state index < -0.39 is 5.97 Å². The first kappa shape index (κ1) is 22.7. The number of esters is 1. The number of methoxy groups -OCH3 is 3. The molecule has 32 heavy (non-hydrogen) atoms. The number of nitrogens with one attached hydrogen (secondary N) is 1. The van der Waals surface area contributed by atoms with Crippen LogP contribution in [0.4, 0.5) is 0 Å². The van der Waals surface area contributed by atoms with Gasteiger partial charge in [-0.05, 0) is 30.7 Å². The van der Waals surface area contributed by atoms with E-state index in [1.54, 1.807) is 25.1 Å². The molecular formula is C24H25NO7. The molecular weight excluding hydrogens is 414 g/mol. The zero-order valence-electron chi connectivity index (χ0n) is 18.4. The summed E-state index contributed by atoms with van der Waals surface area (Å²) in [7, 11) is 4.28. The molecule has 0 aliphatic rings. The zero-order valence-corrected chi connectivity index (χ0v) is 18.4. The number of carbonyl (C=O) groups is 2. The Morgan fingerprint density at radius 2 is 1.62 bits per heavy atom. The maximum atomic E-state index is 12.7. The Labute approximate surface area is 186 Å². The SMILES string of the molecule is COC(=O)c1cc(CNC(=O)c2cc(OC)c(OCc3ccccc3)c(OC)c2)oc1C. The van der Waals surface area contributed by atoms with Gasteiger partial charge in [0.15, 0.2) is 11.5 Å². The van der Waals surface area contributed by atoms with Crippen molar-refractivity contribution in [1.82, 2.24) is 5.32 Å². The van der Waals surface area contributed by atoms with Crippen molar-refractivity contribution in [3.8, 4) is 17.2 Å². The van der Waals surface area contributed by atoms with Gasteiger partial charge in [-0.15, -0.1) is 0 Å². The Hall–Kier alpha value is -3.94. The molecule has 168 valence electrons. The first-order valence-corrected chi connectivity index (χ1v) is 9.85. The summed E-state index contributed by atoms with van der Waals surface area (Å²) >= 11 is 0. The summed E-state index contributed by atoms with van der Waals surface area (Å²) in [6.45, 7) is 2.06. The van der Waals surface area contributed by atoms with Gasteiger partial charge in [-0.25, -0.2) is 4.79 Å². The molecule has 0 bridgehead atoms. The van der Waals surface area contributed by atoms with Gasteiger partial charge >= 0.3 is 5.97 Å². The fraction of sp³-hybridized carbons (Fsp3) is 0.250. The van der Waals surface area contributed by atoms with Gasteiger partial charge in [-0.2, -0.15) is 0 Å². The summed E-state index contributed by atoms with van der Waals surface area (Å²) < 4.78 is 27.0. The molecule has 8 nitrogen and oxygen atoms in total.